The number of fused-ring (bicyclic) bond motifs is 1. The van der Waals surface area contributed by atoms with E-state index in [0.29, 0.717) is 23.2 Å². The molecule has 0 bridgehead atoms. The highest BCUT2D eigenvalue weighted by Gasteiger charge is 2.37. The molecule has 0 saturated carbocycles. The Bertz CT molecular complexity index is 1180. The first-order valence-electron chi connectivity index (χ1n) is 11.7. The summed E-state index contributed by atoms with van der Waals surface area (Å²) in [6.07, 6.45) is 1.12. The van der Waals surface area contributed by atoms with Crippen LogP contribution in [0.4, 0.5) is 5.82 Å². The zero-order valence-electron chi connectivity index (χ0n) is 19.2. The molecule has 2 amide bonds. The second kappa shape index (κ2) is 10.1. The molecule has 1 fully saturated rings. The number of nitrogens with zero attached hydrogens (tertiary/aromatic N) is 4. The SMILES string of the molecule is O=C(OC(CN1CCN(c2ccccn2)CC1)CN1C(=O)c2ccccc2C1=O)c1ccccc1. The number of pyridine rings is 1. The number of amides is 2. The molecule has 2 aliphatic rings. The summed E-state index contributed by atoms with van der Waals surface area (Å²) in [7, 11) is 0. The maximum Gasteiger partial charge on any atom is 0.338 e. The van der Waals surface area contributed by atoms with Gasteiger partial charge in [0, 0.05) is 38.9 Å². The van der Waals surface area contributed by atoms with E-state index < -0.39 is 12.1 Å². The first-order valence-corrected chi connectivity index (χ1v) is 11.7. The number of anilines is 1. The van der Waals surface area contributed by atoms with Gasteiger partial charge in [-0.2, -0.15) is 0 Å². The second-order valence-corrected chi connectivity index (χ2v) is 8.64. The van der Waals surface area contributed by atoms with E-state index in [2.05, 4.69) is 14.8 Å². The van der Waals surface area contributed by atoms with Crippen LogP contribution in [0.3, 0.4) is 0 Å². The van der Waals surface area contributed by atoms with Gasteiger partial charge < -0.3 is 9.64 Å². The molecular weight excluding hydrogens is 444 g/mol. The van der Waals surface area contributed by atoms with Crippen LogP contribution in [-0.4, -0.2) is 77.9 Å². The van der Waals surface area contributed by atoms with Gasteiger partial charge in [-0.3, -0.25) is 19.4 Å². The van der Waals surface area contributed by atoms with Crippen molar-refractivity contribution in [2.24, 2.45) is 0 Å². The molecule has 3 heterocycles. The van der Waals surface area contributed by atoms with Crippen molar-refractivity contribution < 1.29 is 19.1 Å². The third-order valence-electron chi connectivity index (χ3n) is 6.35. The van der Waals surface area contributed by atoms with Gasteiger partial charge in [-0.25, -0.2) is 9.78 Å². The predicted molar refractivity (Wildman–Crippen MR) is 130 cm³/mol. The van der Waals surface area contributed by atoms with Crippen LogP contribution in [0, 0.1) is 0 Å². The Labute approximate surface area is 203 Å². The number of benzene rings is 2. The molecule has 2 aliphatic heterocycles. The molecule has 8 nitrogen and oxygen atoms in total. The molecule has 3 aromatic rings. The van der Waals surface area contributed by atoms with E-state index in [1.54, 1.807) is 54.7 Å². The van der Waals surface area contributed by atoms with Gasteiger partial charge in [0.25, 0.3) is 11.8 Å². The summed E-state index contributed by atoms with van der Waals surface area (Å²) in [4.78, 5) is 48.7. The molecule has 0 N–H and O–H groups in total. The molecular formula is C27H26N4O4. The Kier molecular flexibility index (Phi) is 6.54. The fourth-order valence-corrected chi connectivity index (χ4v) is 4.52. The highest BCUT2D eigenvalue weighted by molar-refractivity contribution is 6.21. The number of piperazine rings is 1. The lowest BCUT2D eigenvalue weighted by atomic mass is 10.1. The van der Waals surface area contributed by atoms with Gasteiger partial charge in [-0.1, -0.05) is 36.4 Å². The standard InChI is InChI=1S/C27H26N4O4/c32-25-22-10-4-5-11-23(22)26(33)31(25)19-21(35-27(34)20-8-2-1-3-9-20)18-29-14-16-30(17-15-29)24-12-6-7-13-28-24/h1-13,21H,14-19H2. The Morgan fingerprint density at radius 1 is 0.800 bits per heavy atom. The third-order valence-corrected chi connectivity index (χ3v) is 6.35. The summed E-state index contributed by atoms with van der Waals surface area (Å²) in [6, 6.07) is 21.4. The van der Waals surface area contributed by atoms with Gasteiger partial charge in [0.2, 0.25) is 0 Å². The van der Waals surface area contributed by atoms with E-state index in [9.17, 15) is 14.4 Å². The number of esters is 1. The average Bonchev–Trinajstić information content (AvgIpc) is 3.15. The minimum Gasteiger partial charge on any atom is -0.455 e. The van der Waals surface area contributed by atoms with Crippen LogP contribution >= 0.6 is 0 Å². The zero-order chi connectivity index (χ0) is 24.2. The summed E-state index contributed by atoms with van der Waals surface area (Å²) in [6.45, 7) is 3.48. The molecule has 0 aliphatic carbocycles. The van der Waals surface area contributed by atoms with Crippen molar-refractivity contribution in [1.82, 2.24) is 14.8 Å². The highest BCUT2D eigenvalue weighted by atomic mass is 16.5. The molecule has 1 saturated heterocycles. The van der Waals surface area contributed by atoms with E-state index in [1.807, 2.05) is 24.3 Å². The second-order valence-electron chi connectivity index (χ2n) is 8.64. The van der Waals surface area contributed by atoms with Crippen molar-refractivity contribution in [3.8, 4) is 0 Å². The van der Waals surface area contributed by atoms with Gasteiger partial charge >= 0.3 is 5.97 Å². The number of ether oxygens (including phenoxy) is 1. The average molecular weight is 471 g/mol. The summed E-state index contributed by atoms with van der Waals surface area (Å²) in [5.41, 5.74) is 1.20. The van der Waals surface area contributed by atoms with Crippen LogP contribution in [0.2, 0.25) is 0 Å². The number of hydrogen-bond acceptors (Lipinski definition) is 7. The van der Waals surface area contributed by atoms with Gasteiger partial charge in [0.1, 0.15) is 11.9 Å². The lowest BCUT2D eigenvalue weighted by Gasteiger charge is -2.37. The summed E-state index contributed by atoms with van der Waals surface area (Å²) in [5.74, 6) is -0.248. The molecule has 2 aromatic carbocycles. The number of aromatic nitrogens is 1. The molecule has 5 rings (SSSR count). The van der Waals surface area contributed by atoms with Crippen molar-refractivity contribution in [1.29, 1.82) is 0 Å². The summed E-state index contributed by atoms with van der Waals surface area (Å²) < 4.78 is 5.86. The number of rotatable bonds is 7. The molecule has 1 atom stereocenters. The summed E-state index contributed by atoms with van der Waals surface area (Å²) in [5, 5.41) is 0. The van der Waals surface area contributed by atoms with E-state index in [4.69, 9.17) is 4.74 Å². The molecule has 1 aromatic heterocycles. The predicted octanol–water partition coefficient (Wildman–Crippen LogP) is 2.73. The Hall–Kier alpha value is -4.04. The van der Waals surface area contributed by atoms with E-state index in [-0.39, 0.29) is 18.4 Å². The molecule has 178 valence electrons. The Morgan fingerprint density at radius 2 is 1.43 bits per heavy atom. The van der Waals surface area contributed by atoms with Gasteiger partial charge in [-0.15, -0.1) is 0 Å². The van der Waals surface area contributed by atoms with Gasteiger partial charge in [0.15, 0.2) is 0 Å². The van der Waals surface area contributed by atoms with Crippen LogP contribution < -0.4 is 4.90 Å². The molecule has 0 spiro atoms. The van der Waals surface area contributed by atoms with Crippen LogP contribution in [-0.2, 0) is 4.74 Å². The molecule has 8 heteroatoms. The molecule has 1 unspecified atom stereocenters. The van der Waals surface area contributed by atoms with Crippen LogP contribution in [0.15, 0.2) is 79.0 Å². The van der Waals surface area contributed by atoms with Crippen molar-refractivity contribution in [2.75, 3.05) is 44.2 Å². The lowest BCUT2D eigenvalue weighted by Crippen LogP contribution is -2.51. The van der Waals surface area contributed by atoms with Crippen molar-refractivity contribution in [3.05, 3.63) is 95.7 Å². The number of imide groups is 1. The summed E-state index contributed by atoms with van der Waals surface area (Å²) >= 11 is 0. The van der Waals surface area contributed by atoms with E-state index >= 15 is 0 Å². The third kappa shape index (κ3) is 4.93. The maximum absolute atomic E-state index is 12.9. The quantitative estimate of drug-likeness (QED) is 0.388. The first kappa shape index (κ1) is 22.7. The molecule has 0 radical (unpaired) electrons. The van der Waals surface area contributed by atoms with Crippen molar-refractivity contribution in [3.63, 3.8) is 0 Å². The van der Waals surface area contributed by atoms with Crippen LogP contribution in [0.5, 0.6) is 0 Å². The largest absolute Gasteiger partial charge is 0.455 e. The fourth-order valence-electron chi connectivity index (χ4n) is 4.52. The minimum absolute atomic E-state index is 0.00533. The van der Waals surface area contributed by atoms with Crippen molar-refractivity contribution in [2.45, 2.75) is 6.10 Å². The normalized spacial score (nSPS) is 16.8. The monoisotopic (exact) mass is 470 g/mol. The maximum atomic E-state index is 12.9. The number of carbonyl (C=O) groups excluding carboxylic acids is 3. The van der Waals surface area contributed by atoms with Crippen LogP contribution in [0.1, 0.15) is 31.1 Å². The van der Waals surface area contributed by atoms with Gasteiger partial charge in [0.05, 0.1) is 23.2 Å². The van der Waals surface area contributed by atoms with E-state index in [1.165, 1.54) is 4.90 Å². The smallest absolute Gasteiger partial charge is 0.338 e. The van der Waals surface area contributed by atoms with Crippen molar-refractivity contribution >= 4 is 23.6 Å². The zero-order valence-corrected chi connectivity index (χ0v) is 19.2. The Morgan fingerprint density at radius 3 is 2.06 bits per heavy atom. The molecule has 35 heavy (non-hydrogen) atoms. The fraction of sp³-hybridized carbons (Fsp3) is 0.259. The topological polar surface area (TPSA) is 83.1 Å². The highest BCUT2D eigenvalue weighted by Crippen LogP contribution is 2.23. The number of carbonyl (C=O) groups is 3. The number of hydrogen-bond donors (Lipinski definition) is 0. The van der Waals surface area contributed by atoms with Gasteiger partial charge in [-0.05, 0) is 36.4 Å². The van der Waals surface area contributed by atoms with Crippen LogP contribution in [0.25, 0.3) is 0 Å². The first-order chi connectivity index (χ1) is 17.1. The Balaban J connectivity index is 1.29. The van der Waals surface area contributed by atoms with E-state index in [0.717, 1.165) is 32.0 Å². The lowest BCUT2D eigenvalue weighted by molar-refractivity contribution is 0.00932. The minimum atomic E-state index is -0.661.